The van der Waals surface area contributed by atoms with Crippen LogP contribution in [0.2, 0.25) is 5.02 Å². The van der Waals surface area contributed by atoms with Crippen LogP contribution in [-0.2, 0) is 4.79 Å². The Kier molecular flexibility index (Phi) is 6.43. The molecule has 0 radical (unpaired) electrons. The number of carboxylic acids is 2. The summed E-state index contributed by atoms with van der Waals surface area (Å²) in [6.45, 7) is 1.43. The molecule has 1 fully saturated rings. The minimum atomic E-state index is -1.21. The van der Waals surface area contributed by atoms with Crippen molar-refractivity contribution in [3.8, 4) is 16.2 Å². The van der Waals surface area contributed by atoms with Crippen LogP contribution in [0.5, 0.6) is 5.75 Å². The van der Waals surface area contributed by atoms with E-state index in [9.17, 15) is 14.7 Å². The first-order valence-electron chi connectivity index (χ1n) is 8.81. The van der Waals surface area contributed by atoms with Gasteiger partial charge in [0.1, 0.15) is 5.02 Å². The number of hydrogen-bond donors (Lipinski definition) is 3. The number of anilines is 1. The lowest BCUT2D eigenvalue weighted by Gasteiger charge is -2.30. The van der Waals surface area contributed by atoms with Crippen molar-refractivity contribution in [2.45, 2.75) is 18.9 Å². The van der Waals surface area contributed by atoms with E-state index in [4.69, 9.17) is 21.4 Å². The molecule has 7 nitrogen and oxygen atoms in total. The Morgan fingerprint density at radius 2 is 2.04 bits per heavy atom. The van der Waals surface area contributed by atoms with Gasteiger partial charge >= 0.3 is 11.9 Å². The van der Waals surface area contributed by atoms with E-state index in [1.54, 1.807) is 0 Å². The summed E-state index contributed by atoms with van der Waals surface area (Å²) in [6, 6.07) is 7.98. The zero-order chi connectivity index (χ0) is 20.3. The molecule has 2 aromatic rings. The maximum Gasteiger partial charge on any atom is 0.349 e. The number of carboxylic acid groups (broad SMARTS) is 2. The normalized spacial score (nSPS) is 15.4. The standard InChI is InChI=1S/C19H21ClN2O5S/c1-22-7-5-12(6-8-22)21-13-4-2-3-11(9-13)17-15(20)16(27-10-14(23)24)18(28-17)19(25)26/h2-4,9,12,21H,5-8,10H2,1H3,(H,23,24)(H,25,26). The van der Waals surface area contributed by atoms with Gasteiger partial charge in [-0.05, 0) is 50.7 Å². The Morgan fingerprint density at radius 1 is 1.32 bits per heavy atom. The van der Waals surface area contributed by atoms with Gasteiger partial charge in [0.25, 0.3) is 0 Å². The molecule has 0 saturated carbocycles. The summed E-state index contributed by atoms with van der Waals surface area (Å²) >= 11 is 7.33. The van der Waals surface area contributed by atoms with Crippen LogP contribution in [0.4, 0.5) is 5.69 Å². The number of benzene rings is 1. The molecule has 3 N–H and O–H groups in total. The molecule has 1 saturated heterocycles. The van der Waals surface area contributed by atoms with Crippen LogP contribution in [-0.4, -0.2) is 59.8 Å². The van der Waals surface area contributed by atoms with Crippen molar-refractivity contribution in [2.75, 3.05) is 32.1 Å². The van der Waals surface area contributed by atoms with E-state index < -0.39 is 18.5 Å². The number of thiophene rings is 1. The molecule has 150 valence electrons. The maximum atomic E-state index is 11.5. The van der Waals surface area contributed by atoms with Crippen LogP contribution in [0, 0.1) is 0 Å². The quantitative estimate of drug-likeness (QED) is 0.622. The van der Waals surface area contributed by atoms with Gasteiger partial charge in [0.2, 0.25) is 0 Å². The van der Waals surface area contributed by atoms with Crippen molar-refractivity contribution in [3.63, 3.8) is 0 Å². The maximum absolute atomic E-state index is 11.5. The summed E-state index contributed by atoms with van der Waals surface area (Å²) in [5, 5.41) is 21.9. The Bertz CT molecular complexity index is 877. The molecule has 1 aliphatic heterocycles. The molecule has 28 heavy (non-hydrogen) atoms. The summed E-state index contributed by atoms with van der Waals surface area (Å²) in [6.07, 6.45) is 2.10. The van der Waals surface area contributed by atoms with E-state index in [1.165, 1.54) is 0 Å². The van der Waals surface area contributed by atoms with E-state index in [0.29, 0.717) is 10.9 Å². The van der Waals surface area contributed by atoms with Crippen LogP contribution >= 0.6 is 22.9 Å². The lowest BCUT2D eigenvalue weighted by atomic mass is 10.0. The van der Waals surface area contributed by atoms with Crippen LogP contribution in [0.15, 0.2) is 24.3 Å². The molecule has 0 bridgehead atoms. The van der Waals surface area contributed by atoms with Crippen LogP contribution < -0.4 is 10.1 Å². The largest absolute Gasteiger partial charge is 0.479 e. The second-order valence-corrected chi connectivity index (χ2v) is 8.09. The molecule has 0 aliphatic carbocycles. The number of likely N-dealkylation sites (tertiary alicyclic amines) is 1. The Labute approximate surface area is 171 Å². The number of piperidine rings is 1. The van der Waals surface area contributed by atoms with E-state index in [-0.39, 0.29) is 15.6 Å². The topological polar surface area (TPSA) is 99.1 Å². The first-order chi connectivity index (χ1) is 13.3. The Hall–Kier alpha value is -2.29. The number of ether oxygens (including phenoxy) is 1. The van der Waals surface area contributed by atoms with Crippen molar-refractivity contribution in [1.29, 1.82) is 0 Å². The van der Waals surface area contributed by atoms with Crippen molar-refractivity contribution in [1.82, 2.24) is 4.90 Å². The number of hydrogen-bond acceptors (Lipinski definition) is 6. The molecule has 0 spiro atoms. The van der Waals surface area contributed by atoms with E-state index in [1.807, 2.05) is 24.3 Å². The molecule has 0 atom stereocenters. The predicted molar refractivity (Wildman–Crippen MR) is 109 cm³/mol. The highest BCUT2D eigenvalue weighted by Gasteiger charge is 2.25. The van der Waals surface area contributed by atoms with Gasteiger partial charge in [-0.2, -0.15) is 0 Å². The second-order valence-electron chi connectivity index (χ2n) is 6.69. The molecule has 0 amide bonds. The molecular weight excluding hydrogens is 404 g/mol. The third-order valence-electron chi connectivity index (χ3n) is 4.56. The summed E-state index contributed by atoms with van der Waals surface area (Å²) in [7, 11) is 2.11. The number of aromatic carboxylic acids is 1. The fourth-order valence-corrected chi connectivity index (χ4v) is 4.53. The van der Waals surface area contributed by atoms with E-state index >= 15 is 0 Å². The van der Waals surface area contributed by atoms with Gasteiger partial charge in [0, 0.05) is 11.7 Å². The minimum absolute atomic E-state index is 0.106. The minimum Gasteiger partial charge on any atom is -0.479 e. The monoisotopic (exact) mass is 424 g/mol. The third-order valence-corrected chi connectivity index (χ3v) is 6.24. The van der Waals surface area contributed by atoms with Crippen LogP contribution in [0.3, 0.4) is 0 Å². The molecule has 9 heteroatoms. The predicted octanol–water partition coefficient (Wildman–Crippen LogP) is 3.74. The van der Waals surface area contributed by atoms with Gasteiger partial charge in [0.15, 0.2) is 17.2 Å². The smallest absolute Gasteiger partial charge is 0.349 e. The van der Waals surface area contributed by atoms with Gasteiger partial charge in [-0.15, -0.1) is 11.3 Å². The lowest BCUT2D eigenvalue weighted by Crippen LogP contribution is -2.36. The van der Waals surface area contributed by atoms with Crippen molar-refractivity contribution >= 4 is 40.6 Å². The Balaban J connectivity index is 1.85. The van der Waals surface area contributed by atoms with Gasteiger partial charge in [-0.1, -0.05) is 23.7 Å². The fourth-order valence-electron chi connectivity index (χ4n) is 3.12. The Morgan fingerprint density at radius 3 is 2.68 bits per heavy atom. The summed E-state index contributed by atoms with van der Waals surface area (Å²) in [5.74, 6) is -2.52. The highest BCUT2D eigenvalue weighted by atomic mass is 35.5. The fraction of sp³-hybridized carbons (Fsp3) is 0.368. The van der Waals surface area contributed by atoms with Crippen molar-refractivity contribution in [2.24, 2.45) is 0 Å². The van der Waals surface area contributed by atoms with Gasteiger partial charge in [-0.3, -0.25) is 0 Å². The highest BCUT2D eigenvalue weighted by molar-refractivity contribution is 7.18. The van der Waals surface area contributed by atoms with Gasteiger partial charge in [-0.25, -0.2) is 9.59 Å². The first kappa shape index (κ1) is 20.4. The average Bonchev–Trinajstić information content (AvgIpc) is 2.99. The number of nitrogens with zero attached hydrogens (tertiary/aromatic N) is 1. The molecule has 1 aliphatic rings. The molecular formula is C19H21ClN2O5S. The van der Waals surface area contributed by atoms with Crippen molar-refractivity contribution < 1.29 is 24.5 Å². The van der Waals surface area contributed by atoms with Crippen LogP contribution in [0.25, 0.3) is 10.4 Å². The third kappa shape index (κ3) is 4.76. The highest BCUT2D eigenvalue weighted by Crippen LogP contribution is 2.45. The van der Waals surface area contributed by atoms with E-state index in [2.05, 4.69) is 17.3 Å². The summed E-state index contributed by atoms with van der Waals surface area (Å²) < 4.78 is 5.13. The zero-order valence-corrected chi connectivity index (χ0v) is 16.8. The molecule has 3 rings (SSSR count). The number of aliphatic carboxylic acids is 1. The SMILES string of the molecule is CN1CCC(Nc2cccc(-c3sc(C(=O)O)c(OCC(=O)O)c3Cl)c2)CC1. The lowest BCUT2D eigenvalue weighted by molar-refractivity contribution is -0.139. The number of halogens is 1. The number of nitrogens with one attached hydrogen (secondary N) is 1. The zero-order valence-electron chi connectivity index (χ0n) is 15.3. The number of rotatable bonds is 7. The summed E-state index contributed by atoms with van der Waals surface area (Å²) in [4.78, 5) is 25.0. The second kappa shape index (κ2) is 8.81. The number of carbonyl (C=O) groups is 2. The van der Waals surface area contributed by atoms with Gasteiger partial charge in [0.05, 0.1) is 4.88 Å². The average molecular weight is 425 g/mol. The first-order valence-corrected chi connectivity index (χ1v) is 10.00. The van der Waals surface area contributed by atoms with E-state index in [0.717, 1.165) is 48.5 Å². The summed E-state index contributed by atoms with van der Waals surface area (Å²) in [5.41, 5.74) is 1.68. The van der Waals surface area contributed by atoms with Gasteiger partial charge < -0.3 is 25.2 Å². The molecule has 2 heterocycles. The molecule has 0 unspecified atom stereocenters. The van der Waals surface area contributed by atoms with Crippen molar-refractivity contribution in [3.05, 3.63) is 34.2 Å². The molecule has 1 aromatic carbocycles. The van der Waals surface area contributed by atoms with Crippen LogP contribution in [0.1, 0.15) is 22.5 Å². The molecule has 1 aromatic heterocycles.